The summed E-state index contributed by atoms with van der Waals surface area (Å²) in [5, 5.41) is 7.97. The van der Waals surface area contributed by atoms with Crippen molar-refractivity contribution in [1.82, 2.24) is 25.2 Å². The van der Waals surface area contributed by atoms with Crippen molar-refractivity contribution in [3.05, 3.63) is 46.9 Å². The molecule has 36 heavy (non-hydrogen) atoms. The van der Waals surface area contributed by atoms with Crippen molar-refractivity contribution >= 4 is 59.2 Å². The number of hydrogen-bond donors (Lipinski definition) is 2. The fourth-order valence-corrected chi connectivity index (χ4v) is 4.68. The molecule has 2 N–H and O–H groups in total. The van der Waals surface area contributed by atoms with Crippen LogP contribution in [0.2, 0.25) is 5.02 Å². The van der Waals surface area contributed by atoms with E-state index in [4.69, 9.17) is 21.1 Å². The summed E-state index contributed by atoms with van der Waals surface area (Å²) in [5.74, 6) is 1.65. The number of nitrogens with zero attached hydrogens (tertiary/aromatic N) is 4. The van der Waals surface area contributed by atoms with Crippen molar-refractivity contribution in [1.29, 1.82) is 0 Å². The molecular formula is C24H29Cl3N6O3. The van der Waals surface area contributed by atoms with E-state index >= 15 is 0 Å². The quantitative estimate of drug-likeness (QED) is 0.456. The molecule has 5 heterocycles. The van der Waals surface area contributed by atoms with Crippen molar-refractivity contribution in [3.63, 3.8) is 0 Å². The lowest BCUT2D eigenvalue weighted by atomic mass is 10.0. The number of pyridine rings is 3. The molecule has 0 unspecified atom stereocenters. The number of ether oxygens (including phenoxy) is 2. The summed E-state index contributed by atoms with van der Waals surface area (Å²) in [7, 11) is 1.63. The minimum atomic E-state index is -0.172. The Morgan fingerprint density at radius 2 is 2.00 bits per heavy atom. The molecule has 5 rings (SSSR count). The number of methoxy groups -OCH3 is 1. The molecule has 0 aromatic carbocycles. The monoisotopic (exact) mass is 554 g/mol. The number of aromatic nitrogens is 3. The van der Waals surface area contributed by atoms with Crippen LogP contribution in [0.4, 0.5) is 5.82 Å². The first-order valence-electron chi connectivity index (χ1n) is 11.4. The third-order valence-corrected chi connectivity index (χ3v) is 6.69. The summed E-state index contributed by atoms with van der Waals surface area (Å²) < 4.78 is 10.7. The number of nitrogens with one attached hydrogen (secondary N) is 2. The van der Waals surface area contributed by atoms with E-state index in [-0.39, 0.29) is 37.3 Å². The van der Waals surface area contributed by atoms with E-state index in [0.717, 1.165) is 55.5 Å². The molecule has 2 aliphatic heterocycles. The smallest absolute Gasteiger partial charge is 0.263 e. The molecule has 1 saturated heterocycles. The largest absolute Gasteiger partial charge is 0.495 e. The van der Waals surface area contributed by atoms with E-state index in [9.17, 15) is 4.79 Å². The summed E-state index contributed by atoms with van der Waals surface area (Å²) in [6.45, 7) is 3.65. The molecule has 9 nitrogen and oxygen atoms in total. The van der Waals surface area contributed by atoms with Gasteiger partial charge in [0.2, 0.25) is 0 Å². The summed E-state index contributed by atoms with van der Waals surface area (Å²) in [6, 6.07) is 6.18. The van der Waals surface area contributed by atoms with Crippen molar-refractivity contribution in [2.24, 2.45) is 0 Å². The zero-order valence-corrected chi connectivity index (χ0v) is 22.2. The second-order valence-electron chi connectivity index (χ2n) is 8.56. The van der Waals surface area contributed by atoms with Gasteiger partial charge in [-0.05, 0) is 56.1 Å². The topological polar surface area (TPSA) is 102 Å². The van der Waals surface area contributed by atoms with Crippen LogP contribution in [-0.2, 0) is 17.8 Å². The van der Waals surface area contributed by atoms with Gasteiger partial charge in [-0.3, -0.25) is 4.79 Å². The zero-order chi connectivity index (χ0) is 23.5. The molecule has 2 aliphatic rings. The van der Waals surface area contributed by atoms with Crippen LogP contribution in [0.15, 0.2) is 30.6 Å². The number of halogens is 3. The van der Waals surface area contributed by atoms with Crippen LogP contribution in [0.1, 0.15) is 24.1 Å². The summed E-state index contributed by atoms with van der Waals surface area (Å²) in [6.07, 6.45) is 6.31. The number of carbonyl (C=O) groups is 1. The Kier molecular flexibility index (Phi) is 9.92. The molecule has 0 radical (unpaired) electrons. The van der Waals surface area contributed by atoms with Gasteiger partial charge < -0.3 is 25.0 Å². The van der Waals surface area contributed by atoms with Crippen LogP contribution in [0.25, 0.3) is 11.0 Å². The number of anilines is 1. The normalized spacial score (nSPS) is 15.8. The highest BCUT2D eigenvalue weighted by Crippen LogP contribution is 2.28. The maximum atomic E-state index is 11.5. The number of carbonyl (C=O) groups excluding carboxylic acids is 1. The molecule has 0 spiro atoms. The van der Waals surface area contributed by atoms with Crippen molar-refractivity contribution in [2.75, 3.05) is 38.7 Å². The third-order valence-electron chi connectivity index (χ3n) is 6.36. The van der Waals surface area contributed by atoms with Crippen LogP contribution < -0.4 is 20.1 Å². The lowest BCUT2D eigenvalue weighted by Crippen LogP contribution is -2.43. The molecule has 1 amide bonds. The van der Waals surface area contributed by atoms with Crippen molar-refractivity contribution in [2.45, 2.75) is 31.8 Å². The van der Waals surface area contributed by atoms with Gasteiger partial charge in [0.25, 0.3) is 5.91 Å². The molecule has 0 saturated carbocycles. The number of hydrogen-bond acceptors (Lipinski definition) is 8. The van der Waals surface area contributed by atoms with Gasteiger partial charge in [-0.15, -0.1) is 24.8 Å². The third kappa shape index (κ3) is 6.46. The van der Waals surface area contributed by atoms with E-state index < -0.39 is 0 Å². The van der Waals surface area contributed by atoms with Crippen molar-refractivity contribution < 1.29 is 14.3 Å². The number of rotatable bonds is 7. The molecule has 0 atom stereocenters. The van der Waals surface area contributed by atoms with Crippen LogP contribution >= 0.6 is 36.4 Å². The zero-order valence-electron chi connectivity index (χ0n) is 19.8. The minimum Gasteiger partial charge on any atom is -0.495 e. The van der Waals surface area contributed by atoms with Gasteiger partial charge in [0.1, 0.15) is 5.75 Å². The minimum absolute atomic E-state index is 0. The van der Waals surface area contributed by atoms with Gasteiger partial charge in [-0.2, -0.15) is 0 Å². The molecule has 0 bridgehead atoms. The first kappa shape index (κ1) is 28.1. The SMILES string of the molecule is COc1cnc2ncc(Cl)c(CCN3CCC(NCc4ccc5c(n4)NC(=O)CO5)CC3)c2c1.Cl.Cl. The first-order valence-corrected chi connectivity index (χ1v) is 11.8. The Labute approximate surface area is 227 Å². The second kappa shape index (κ2) is 12.7. The average molecular weight is 556 g/mol. The van der Waals surface area contributed by atoms with Crippen LogP contribution in [-0.4, -0.2) is 65.2 Å². The predicted octanol–water partition coefficient (Wildman–Crippen LogP) is 3.66. The maximum Gasteiger partial charge on any atom is 0.263 e. The van der Waals surface area contributed by atoms with Gasteiger partial charge >= 0.3 is 0 Å². The van der Waals surface area contributed by atoms with Gasteiger partial charge in [0.05, 0.1) is 24.0 Å². The molecule has 3 aromatic heterocycles. The number of likely N-dealkylation sites (tertiary alicyclic amines) is 1. The van der Waals surface area contributed by atoms with Gasteiger partial charge in [-0.1, -0.05) is 11.6 Å². The predicted molar refractivity (Wildman–Crippen MR) is 144 cm³/mol. The molecule has 194 valence electrons. The molecule has 3 aromatic rings. The highest BCUT2D eigenvalue weighted by molar-refractivity contribution is 6.32. The number of fused-ring (bicyclic) bond motifs is 2. The van der Waals surface area contributed by atoms with Gasteiger partial charge in [0, 0.05) is 30.7 Å². The lowest BCUT2D eigenvalue weighted by molar-refractivity contribution is -0.118. The Hall–Kier alpha value is -2.43. The Balaban J connectivity index is 0.00000180. The van der Waals surface area contributed by atoms with Crippen LogP contribution in [0.3, 0.4) is 0 Å². The molecule has 0 aliphatic carbocycles. The highest BCUT2D eigenvalue weighted by Gasteiger charge is 2.21. The van der Waals surface area contributed by atoms with E-state index in [0.29, 0.717) is 40.6 Å². The molecule has 12 heteroatoms. The second-order valence-corrected chi connectivity index (χ2v) is 8.97. The van der Waals surface area contributed by atoms with E-state index in [2.05, 4.69) is 30.5 Å². The fourth-order valence-electron chi connectivity index (χ4n) is 4.44. The van der Waals surface area contributed by atoms with Gasteiger partial charge in [-0.25, -0.2) is 15.0 Å². The Bertz CT molecular complexity index is 1210. The van der Waals surface area contributed by atoms with Crippen molar-refractivity contribution in [3.8, 4) is 11.5 Å². The highest BCUT2D eigenvalue weighted by atomic mass is 35.5. The van der Waals surface area contributed by atoms with E-state index in [1.165, 1.54) is 0 Å². The summed E-state index contributed by atoms with van der Waals surface area (Å²) in [4.78, 5) is 27.2. The van der Waals surface area contributed by atoms with E-state index in [1.54, 1.807) is 19.5 Å². The number of piperidine rings is 1. The maximum absolute atomic E-state index is 11.5. The first-order chi connectivity index (χ1) is 16.6. The van der Waals surface area contributed by atoms with Crippen LogP contribution in [0, 0.1) is 0 Å². The summed E-state index contributed by atoms with van der Waals surface area (Å²) >= 11 is 6.49. The molecule has 1 fully saturated rings. The summed E-state index contributed by atoms with van der Waals surface area (Å²) in [5.41, 5.74) is 2.63. The standard InChI is InChI=1S/C24H27ClN6O3.2ClH/c1-33-17-10-19-18(20(25)13-28-23(19)27-12-17)6-9-31-7-4-15(5-8-31)26-11-16-2-3-21-24(29-16)30-22(32)14-34-21;;/h2-3,10,12-13,15,26H,4-9,11,14H2,1H3,(H,29,30,32);2*1H. The lowest BCUT2D eigenvalue weighted by Gasteiger charge is -2.32. The number of amides is 1. The molecular weight excluding hydrogens is 527 g/mol. The fraction of sp³-hybridized carbons (Fsp3) is 0.417. The average Bonchev–Trinajstić information content (AvgIpc) is 2.87. The van der Waals surface area contributed by atoms with E-state index in [1.807, 2.05) is 18.2 Å². The Morgan fingerprint density at radius 1 is 1.22 bits per heavy atom. The Morgan fingerprint density at radius 3 is 2.78 bits per heavy atom. The van der Waals surface area contributed by atoms with Gasteiger partial charge in [0.15, 0.2) is 23.8 Å². The van der Waals surface area contributed by atoms with Crippen LogP contribution in [0.5, 0.6) is 11.5 Å².